The van der Waals surface area contributed by atoms with E-state index < -0.39 is 29.7 Å². The number of fused-ring (bicyclic) bond motifs is 2. The zero-order valence-corrected chi connectivity index (χ0v) is 14.2. The Morgan fingerprint density at radius 1 is 1.38 bits per heavy atom. The Hall–Kier alpha value is -2.55. The van der Waals surface area contributed by atoms with Crippen LogP contribution in [0, 0.1) is 0 Å². The average molecular weight is 357 g/mol. The third-order valence-electron chi connectivity index (χ3n) is 4.99. The Bertz CT molecular complexity index is 884. The Morgan fingerprint density at radius 3 is 2.81 bits per heavy atom. The van der Waals surface area contributed by atoms with E-state index in [1.807, 2.05) is 13.0 Å². The fourth-order valence-corrected chi connectivity index (χ4v) is 3.43. The summed E-state index contributed by atoms with van der Waals surface area (Å²) in [6.45, 7) is 2.21. The molecule has 2 saturated heterocycles. The minimum Gasteiger partial charge on any atom is -0.387 e. The van der Waals surface area contributed by atoms with Gasteiger partial charge in [-0.1, -0.05) is 25.1 Å². The van der Waals surface area contributed by atoms with Crippen LogP contribution in [-0.2, 0) is 9.47 Å². The van der Waals surface area contributed by atoms with Gasteiger partial charge in [-0.25, -0.2) is 4.79 Å². The van der Waals surface area contributed by atoms with Crippen molar-refractivity contribution in [3.63, 3.8) is 0 Å². The predicted octanol–water partition coefficient (Wildman–Crippen LogP) is 0.933. The van der Waals surface area contributed by atoms with E-state index in [-0.39, 0.29) is 11.7 Å². The summed E-state index contributed by atoms with van der Waals surface area (Å²) in [7, 11) is 0. The van der Waals surface area contributed by atoms with E-state index in [9.17, 15) is 14.7 Å². The first-order chi connectivity index (χ1) is 12.5. The van der Waals surface area contributed by atoms with E-state index >= 15 is 0 Å². The molecule has 8 nitrogen and oxygen atoms in total. The zero-order chi connectivity index (χ0) is 18.3. The van der Waals surface area contributed by atoms with Crippen LogP contribution in [0.25, 0.3) is 0 Å². The molecule has 3 heterocycles. The van der Waals surface area contributed by atoms with Crippen molar-refractivity contribution >= 4 is 11.7 Å². The van der Waals surface area contributed by atoms with Crippen LogP contribution in [0.2, 0.25) is 0 Å². The van der Waals surface area contributed by atoms with Gasteiger partial charge in [0.1, 0.15) is 23.6 Å². The Labute approximate surface area is 149 Å². The molecule has 2 fully saturated rings. The summed E-state index contributed by atoms with van der Waals surface area (Å²) >= 11 is 0. The van der Waals surface area contributed by atoms with Crippen molar-refractivity contribution in [2.45, 2.75) is 37.4 Å². The molecular formula is C18H19N3O5. The molecule has 2 aliphatic rings. The number of amides is 1. The first-order valence-electron chi connectivity index (χ1n) is 8.47. The average Bonchev–Trinajstić information content (AvgIpc) is 3.13. The Balaban J connectivity index is 1.54. The lowest BCUT2D eigenvalue weighted by Gasteiger charge is -2.30. The van der Waals surface area contributed by atoms with Crippen molar-refractivity contribution < 1.29 is 19.4 Å². The van der Waals surface area contributed by atoms with E-state index in [1.54, 1.807) is 24.3 Å². The molecule has 1 aromatic heterocycles. The van der Waals surface area contributed by atoms with Crippen LogP contribution in [0.4, 0.5) is 5.82 Å². The van der Waals surface area contributed by atoms with Gasteiger partial charge in [0.05, 0.1) is 6.61 Å². The molecule has 136 valence electrons. The van der Waals surface area contributed by atoms with Gasteiger partial charge >= 0.3 is 5.69 Å². The summed E-state index contributed by atoms with van der Waals surface area (Å²) < 4.78 is 12.8. The molecule has 8 heteroatoms. The molecule has 26 heavy (non-hydrogen) atoms. The first kappa shape index (κ1) is 16.9. The molecule has 4 rings (SSSR count). The third-order valence-corrected chi connectivity index (χ3v) is 4.99. The number of aliphatic hydroxyl groups is 1. The van der Waals surface area contributed by atoms with Gasteiger partial charge in [-0.2, -0.15) is 4.98 Å². The maximum atomic E-state index is 12.4. The van der Waals surface area contributed by atoms with E-state index in [1.165, 1.54) is 16.8 Å². The lowest BCUT2D eigenvalue weighted by molar-refractivity contribution is -0.175. The van der Waals surface area contributed by atoms with Gasteiger partial charge in [-0.15, -0.1) is 0 Å². The first-order valence-corrected chi connectivity index (χ1v) is 8.47. The topological polar surface area (TPSA) is 103 Å². The number of rotatable bonds is 4. The molecule has 1 amide bonds. The van der Waals surface area contributed by atoms with Gasteiger partial charge in [0.2, 0.25) is 0 Å². The van der Waals surface area contributed by atoms with Crippen molar-refractivity contribution in [3.05, 3.63) is 58.6 Å². The van der Waals surface area contributed by atoms with Gasteiger partial charge in [-0.05, 0) is 24.6 Å². The summed E-state index contributed by atoms with van der Waals surface area (Å²) in [5, 5.41) is 13.0. The van der Waals surface area contributed by atoms with E-state index in [0.717, 1.165) is 0 Å². The highest BCUT2D eigenvalue weighted by molar-refractivity contribution is 6.03. The molecule has 1 unspecified atom stereocenters. The largest absolute Gasteiger partial charge is 0.387 e. The number of hydrogen-bond donors (Lipinski definition) is 2. The van der Waals surface area contributed by atoms with Crippen LogP contribution in [0.15, 0.2) is 47.4 Å². The number of nitrogens with one attached hydrogen (secondary N) is 1. The van der Waals surface area contributed by atoms with Crippen LogP contribution < -0.4 is 11.0 Å². The molecule has 0 saturated carbocycles. The smallest absolute Gasteiger partial charge is 0.351 e. The molecule has 0 aliphatic carbocycles. The maximum absolute atomic E-state index is 12.4. The maximum Gasteiger partial charge on any atom is 0.351 e. The number of aromatic nitrogens is 2. The summed E-state index contributed by atoms with van der Waals surface area (Å²) in [6, 6.07) is 10.2. The van der Waals surface area contributed by atoms with Gasteiger partial charge < -0.3 is 19.9 Å². The van der Waals surface area contributed by atoms with Gasteiger partial charge in [0.25, 0.3) is 5.91 Å². The van der Waals surface area contributed by atoms with E-state index in [2.05, 4.69) is 10.3 Å². The van der Waals surface area contributed by atoms with Crippen molar-refractivity contribution in [1.29, 1.82) is 0 Å². The fourth-order valence-electron chi connectivity index (χ4n) is 3.43. The molecule has 2 bridgehead atoms. The summed E-state index contributed by atoms with van der Waals surface area (Å²) in [5.74, 6) is -0.204. The summed E-state index contributed by atoms with van der Waals surface area (Å²) in [5.41, 5.74) is -0.901. The fraction of sp³-hybridized carbons (Fsp3) is 0.389. The number of benzene rings is 1. The highest BCUT2D eigenvalue weighted by Crippen LogP contribution is 2.46. The van der Waals surface area contributed by atoms with Crippen molar-refractivity contribution in [3.8, 4) is 0 Å². The summed E-state index contributed by atoms with van der Waals surface area (Å²) in [4.78, 5) is 28.5. The number of anilines is 1. The quantitative estimate of drug-likeness (QED) is 0.844. The molecule has 0 spiro atoms. The van der Waals surface area contributed by atoms with E-state index in [4.69, 9.17) is 9.47 Å². The predicted molar refractivity (Wildman–Crippen MR) is 91.8 cm³/mol. The molecule has 1 aromatic carbocycles. The highest BCUT2D eigenvalue weighted by Gasteiger charge is 2.60. The molecule has 2 aliphatic heterocycles. The lowest BCUT2D eigenvalue weighted by atomic mass is 9.96. The number of aliphatic hydroxyl groups excluding tert-OH is 1. The highest BCUT2D eigenvalue weighted by atomic mass is 16.6. The van der Waals surface area contributed by atoms with Crippen LogP contribution in [0.5, 0.6) is 0 Å². The normalized spacial score (nSPS) is 29.7. The van der Waals surface area contributed by atoms with Gasteiger partial charge in [0, 0.05) is 11.8 Å². The van der Waals surface area contributed by atoms with Crippen LogP contribution in [0.3, 0.4) is 0 Å². The van der Waals surface area contributed by atoms with Crippen molar-refractivity contribution in [2.24, 2.45) is 0 Å². The van der Waals surface area contributed by atoms with Crippen molar-refractivity contribution in [1.82, 2.24) is 9.55 Å². The number of hydrogen-bond acceptors (Lipinski definition) is 6. The minimum absolute atomic E-state index is 0.148. The lowest BCUT2D eigenvalue weighted by Crippen LogP contribution is -2.40. The van der Waals surface area contributed by atoms with Crippen LogP contribution in [-0.4, -0.2) is 45.0 Å². The molecule has 2 aromatic rings. The standard InChI is InChI=1S/C18H19N3O5/c1-2-18-10-25-13(14(18)22)16(26-18)21-9-8-12(20-17(21)24)19-15(23)11-6-4-3-5-7-11/h3-9,13-14,16,22H,2,10H2,1H3,(H,19,20,23,24)/t13?,14-,16-,18-/m1/s1. The Morgan fingerprint density at radius 2 is 2.15 bits per heavy atom. The van der Waals surface area contributed by atoms with Crippen molar-refractivity contribution in [2.75, 3.05) is 11.9 Å². The molecule has 0 radical (unpaired) electrons. The third kappa shape index (κ3) is 2.63. The second-order valence-electron chi connectivity index (χ2n) is 6.47. The number of nitrogens with zero attached hydrogens (tertiary/aromatic N) is 2. The second kappa shape index (κ2) is 6.31. The number of ether oxygens (including phenoxy) is 2. The van der Waals surface area contributed by atoms with Gasteiger partial charge in [0.15, 0.2) is 6.23 Å². The van der Waals surface area contributed by atoms with E-state index in [0.29, 0.717) is 18.6 Å². The molecular weight excluding hydrogens is 338 g/mol. The monoisotopic (exact) mass is 357 g/mol. The second-order valence-corrected chi connectivity index (χ2v) is 6.47. The molecule has 2 N–H and O–H groups in total. The number of carbonyl (C=O) groups is 1. The van der Waals surface area contributed by atoms with Gasteiger partial charge in [-0.3, -0.25) is 9.36 Å². The van der Waals surface area contributed by atoms with Crippen LogP contribution >= 0.6 is 0 Å². The summed E-state index contributed by atoms with van der Waals surface area (Å²) in [6.07, 6.45) is -0.0754. The SMILES string of the molecule is CC[C@]12COC([C@H](n3ccc(NC(=O)c4ccccc4)nc3=O)O1)[C@H]2O. The Kier molecular flexibility index (Phi) is 4.10. The molecule has 4 atom stereocenters. The number of carbonyl (C=O) groups excluding carboxylic acids is 1. The minimum atomic E-state index is -0.790. The zero-order valence-electron chi connectivity index (χ0n) is 14.2. The van der Waals surface area contributed by atoms with Crippen LogP contribution in [0.1, 0.15) is 29.9 Å².